The first-order valence-corrected chi connectivity index (χ1v) is 37.7. The van der Waals surface area contributed by atoms with Crippen molar-refractivity contribution in [2.75, 3.05) is 19.6 Å². The molecule has 1 saturated carbocycles. The highest BCUT2D eigenvalue weighted by Gasteiger charge is 2.58. The molecule has 0 N–H and O–H groups in total. The van der Waals surface area contributed by atoms with Gasteiger partial charge < -0.3 is 19.6 Å². The number of hydrogen-bond acceptors (Lipinski definition) is 4. The molecule has 510 valence electrons. The second-order valence-electron chi connectivity index (χ2n) is 38.4. The van der Waals surface area contributed by atoms with E-state index >= 15 is 0 Å². The zero-order valence-electron chi connectivity index (χ0n) is 64.3. The average molecular weight is 1310 g/mol. The van der Waals surface area contributed by atoms with Gasteiger partial charge in [0.25, 0.3) is 6.71 Å². The van der Waals surface area contributed by atoms with E-state index in [-0.39, 0.29) is 61.0 Å². The van der Waals surface area contributed by atoms with Crippen LogP contribution in [0.2, 0.25) is 0 Å². The van der Waals surface area contributed by atoms with Gasteiger partial charge in [0.15, 0.2) is 0 Å². The molecule has 0 aromatic heterocycles. The molecule has 2 atom stereocenters. The third-order valence-electron chi connectivity index (χ3n) is 25.8. The molecule has 0 spiro atoms. The Morgan fingerprint density at radius 1 is 0.333 bits per heavy atom. The number of rotatable bonds is 7. The molecule has 6 aliphatic rings. The van der Waals surface area contributed by atoms with Gasteiger partial charge >= 0.3 is 0 Å². The van der Waals surface area contributed by atoms with E-state index < -0.39 is 0 Å². The second-order valence-corrected chi connectivity index (χ2v) is 38.4. The average Bonchev–Trinajstić information content (AvgIpc) is 1.63. The van der Waals surface area contributed by atoms with Gasteiger partial charge in [-0.15, -0.1) is 0 Å². The minimum atomic E-state index is -0.167. The first-order chi connectivity index (χ1) is 46.3. The molecule has 15 rings (SSSR count). The van der Waals surface area contributed by atoms with Gasteiger partial charge in [-0.05, 0) is 246 Å². The third-order valence-corrected chi connectivity index (χ3v) is 25.8. The van der Waals surface area contributed by atoms with Crippen LogP contribution in [0.3, 0.4) is 0 Å². The number of nitrogens with zero attached hydrogens (tertiary/aromatic N) is 4. The highest BCUT2D eigenvalue weighted by molar-refractivity contribution is 7.00. The Labute approximate surface area is 596 Å². The van der Waals surface area contributed by atoms with Crippen LogP contribution in [0.4, 0.5) is 62.6 Å². The Bertz CT molecular complexity index is 4650. The van der Waals surface area contributed by atoms with Crippen LogP contribution in [-0.2, 0) is 48.7 Å². The summed E-state index contributed by atoms with van der Waals surface area (Å²) >= 11 is 0. The smallest absolute Gasteiger partial charge is 0.252 e. The van der Waals surface area contributed by atoms with Gasteiger partial charge in [-0.3, -0.25) is 0 Å². The maximum Gasteiger partial charge on any atom is 0.252 e. The number of benzene rings is 9. The van der Waals surface area contributed by atoms with Crippen LogP contribution in [0.5, 0.6) is 0 Å². The normalized spacial score (nSPS) is 20.8. The van der Waals surface area contributed by atoms with Crippen molar-refractivity contribution < 1.29 is 0 Å². The molecular formula is C94H111BN4. The van der Waals surface area contributed by atoms with Crippen LogP contribution in [0.25, 0.3) is 11.1 Å². The lowest BCUT2D eigenvalue weighted by atomic mass is 9.33. The fourth-order valence-corrected chi connectivity index (χ4v) is 18.9. The topological polar surface area (TPSA) is 13.0 Å². The quantitative estimate of drug-likeness (QED) is 0.147. The summed E-state index contributed by atoms with van der Waals surface area (Å²) in [6, 6.07) is 71.6. The van der Waals surface area contributed by atoms with Crippen molar-refractivity contribution in [2.24, 2.45) is 0 Å². The van der Waals surface area contributed by atoms with E-state index in [2.05, 4.69) is 348 Å². The Morgan fingerprint density at radius 3 is 1.37 bits per heavy atom. The second kappa shape index (κ2) is 22.4. The van der Waals surface area contributed by atoms with Crippen molar-refractivity contribution >= 4 is 85.7 Å². The van der Waals surface area contributed by atoms with Gasteiger partial charge in [0.05, 0.1) is 16.9 Å². The van der Waals surface area contributed by atoms with Crippen molar-refractivity contribution in [3.05, 3.63) is 226 Å². The summed E-state index contributed by atoms with van der Waals surface area (Å²) in [6.45, 7) is 53.4. The number of fused-ring (bicyclic) bond motifs is 9. The largest absolute Gasteiger partial charge is 0.334 e. The Morgan fingerprint density at radius 2 is 0.808 bits per heavy atom. The molecule has 3 heterocycles. The molecule has 3 aliphatic carbocycles. The predicted octanol–water partition coefficient (Wildman–Crippen LogP) is 24.5. The SMILES string of the molecule is CC(C)(C)c1ccc(N(c2ccc(C(C)(C)C)cc2)c2cc3c4c(c2)N(c2ccc(C(C)(C)C)cc2-c2ccccc2)c2cc(N5c6ccc(C(C)(C)C)cc6C6(C)CCCCC56C)ccc2B4c2cc4c(cc2N3c2ccc3c(c2)C(C)(C)CCC3(C)C)C(C)(C)CCC4(C)C)cc1. The highest BCUT2D eigenvalue weighted by Crippen LogP contribution is 2.63. The first-order valence-electron chi connectivity index (χ1n) is 37.7. The molecular weight excluding hydrogens is 1200 g/mol. The van der Waals surface area contributed by atoms with Crippen LogP contribution in [0.1, 0.15) is 254 Å². The molecule has 4 nitrogen and oxygen atoms in total. The predicted molar refractivity (Wildman–Crippen MR) is 429 cm³/mol. The zero-order chi connectivity index (χ0) is 70.5. The minimum Gasteiger partial charge on any atom is -0.334 e. The Balaban J connectivity index is 1.11. The maximum atomic E-state index is 2.84. The summed E-state index contributed by atoms with van der Waals surface area (Å²) in [7, 11) is 0. The van der Waals surface area contributed by atoms with E-state index in [1.807, 2.05) is 0 Å². The molecule has 2 unspecified atom stereocenters. The van der Waals surface area contributed by atoms with Crippen molar-refractivity contribution in [3.63, 3.8) is 0 Å². The fourth-order valence-electron chi connectivity index (χ4n) is 18.9. The lowest BCUT2D eigenvalue weighted by Gasteiger charge is -2.51. The van der Waals surface area contributed by atoms with Crippen LogP contribution < -0.4 is 36.0 Å². The highest BCUT2D eigenvalue weighted by atomic mass is 15.3. The van der Waals surface area contributed by atoms with Crippen LogP contribution in [0, 0.1) is 0 Å². The van der Waals surface area contributed by atoms with E-state index in [0.717, 1.165) is 55.6 Å². The van der Waals surface area contributed by atoms with Crippen molar-refractivity contribution in [1.29, 1.82) is 0 Å². The summed E-state index contributed by atoms with van der Waals surface area (Å²) in [4.78, 5) is 11.0. The molecule has 0 amide bonds. The first kappa shape index (κ1) is 67.1. The van der Waals surface area contributed by atoms with Crippen LogP contribution >= 0.6 is 0 Å². The maximum absolute atomic E-state index is 2.84. The van der Waals surface area contributed by atoms with E-state index in [1.54, 1.807) is 0 Å². The molecule has 0 radical (unpaired) electrons. The molecule has 9 aromatic carbocycles. The molecule has 3 aliphatic heterocycles. The summed E-state index contributed by atoms with van der Waals surface area (Å²) < 4.78 is 0. The van der Waals surface area contributed by atoms with Gasteiger partial charge in [-0.25, -0.2) is 0 Å². The minimum absolute atomic E-state index is 0.0161. The monoisotopic (exact) mass is 1310 g/mol. The lowest BCUT2D eigenvalue weighted by molar-refractivity contribution is 0.195. The molecule has 0 bridgehead atoms. The van der Waals surface area contributed by atoms with Crippen LogP contribution in [0.15, 0.2) is 176 Å². The van der Waals surface area contributed by atoms with Gasteiger partial charge in [-0.2, -0.15) is 0 Å². The van der Waals surface area contributed by atoms with Crippen molar-refractivity contribution in [2.45, 2.75) is 258 Å². The Hall–Kier alpha value is -7.76. The number of hydrogen-bond donors (Lipinski definition) is 0. The summed E-state index contributed by atoms with van der Waals surface area (Å²) in [5.74, 6) is 0. The molecule has 5 heteroatoms. The molecule has 9 aromatic rings. The van der Waals surface area contributed by atoms with E-state index in [9.17, 15) is 0 Å². The fraction of sp³-hybridized carbons (Fsp3) is 0.426. The van der Waals surface area contributed by atoms with Crippen molar-refractivity contribution in [1.82, 2.24) is 0 Å². The summed E-state index contributed by atoms with van der Waals surface area (Å²) in [6.07, 6.45) is 9.30. The third kappa shape index (κ3) is 10.7. The Kier molecular flexibility index (Phi) is 15.2. The summed E-state index contributed by atoms with van der Waals surface area (Å²) in [5, 5.41) is 0. The molecule has 0 saturated heterocycles. The zero-order valence-corrected chi connectivity index (χ0v) is 64.3. The van der Waals surface area contributed by atoms with Gasteiger partial charge in [-0.1, -0.05) is 249 Å². The molecule has 99 heavy (non-hydrogen) atoms. The van der Waals surface area contributed by atoms with Gasteiger partial charge in [0.1, 0.15) is 0 Å². The van der Waals surface area contributed by atoms with Crippen molar-refractivity contribution in [3.8, 4) is 11.1 Å². The van der Waals surface area contributed by atoms with E-state index in [0.29, 0.717) is 0 Å². The molecule has 1 fully saturated rings. The van der Waals surface area contributed by atoms with Gasteiger partial charge in [0.2, 0.25) is 0 Å². The van der Waals surface area contributed by atoms with E-state index in [1.165, 1.54) is 136 Å². The standard InChI is InChI=1S/C94H111BN4/c1-85(2,3)61-30-36-65(37-31-61)96(66-38-32-62(33-39-66)86(4,5)6)69-56-82-84-83(57-69)98(78-44-34-63(87(7,8)9)52-70(78)60-28-24-23-25-29-60)80-55-68(99-79-45-35-64(88(10,11)12)53-75(79)93(21)46-26-27-47-94(93,99)22)41-43-76(80)95(84)77-58-73-74(92(19,20)51-50-91(73,17)18)59-81(77)97(82)67-40-42-71-72(54-67)90(15,16)49-48-89(71,13)14/h23-25,28-45,52-59H,26-27,46-51H2,1-22H3. The number of anilines is 11. The van der Waals surface area contributed by atoms with Gasteiger partial charge in [0, 0.05) is 62.2 Å². The van der Waals surface area contributed by atoms with Crippen LogP contribution in [-0.4, -0.2) is 12.3 Å². The lowest BCUT2D eigenvalue weighted by Crippen LogP contribution is -2.62. The van der Waals surface area contributed by atoms with E-state index in [4.69, 9.17) is 0 Å². The summed E-state index contributed by atoms with van der Waals surface area (Å²) in [5.41, 5.74) is 32.3.